The summed E-state index contributed by atoms with van der Waals surface area (Å²) in [5, 5.41) is 0. The van der Waals surface area contributed by atoms with E-state index in [4.69, 9.17) is 0 Å². The smallest absolute Gasteiger partial charge is 0.320 e. The summed E-state index contributed by atoms with van der Waals surface area (Å²) in [6.45, 7) is 10.4. The van der Waals surface area contributed by atoms with Crippen LogP contribution < -0.4 is 0 Å². The van der Waals surface area contributed by atoms with Crippen molar-refractivity contribution in [3.8, 4) is 0 Å². The van der Waals surface area contributed by atoms with E-state index >= 15 is 0 Å². The van der Waals surface area contributed by atoms with Crippen molar-refractivity contribution in [2.75, 3.05) is 39.3 Å². The highest BCUT2D eigenvalue weighted by molar-refractivity contribution is 5.75. The minimum Gasteiger partial charge on any atom is -0.325 e. The molecule has 2 aliphatic heterocycles. The number of piperazine rings is 1. The molecule has 2 heterocycles. The maximum atomic E-state index is 12.1. The molecule has 0 radical (unpaired) electrons. The Morgan fingerprint density at radius 2 is 2.06 bits per heavy atom. The number of urea groups is 1. The van der Waals surface area contributed by atoms with Gasteiger partial charge in [0, 0.05) is 38.8 Å². The first-order valence-electron chi connectivity index (χ1n) is 7.04. The van der Waals surface area contributed by atoms with E-state index < -0.39 is 0 Å². The van der Waals surface area contributed by atoms with Crippen LogP contribution >= 0.6 is 0 Å². The summed E-state index contributed by atoms with van der Waals surface area (Å²) in [4.78, 5) is 18.7. The summed E-state index contributed by atoms with van der Waals surface area (Å²) >= 11 is 0. The molecule has 0 saturated carbocycles. The SMILES string of the molecule is CCCCN1CCN2C(=O)N(CC)CC[C@@H]2C1. The second kappa shape index (κ2) is 5.71. The lowest BCUT2D eigenvalue weighted by Crippen LogP contribution is -2.62. The molecule has 0 aromatic rings. The summed E-state index contributed by atoms with van der Waals surface area (Å²) in [5.41, 5.74) is 0. The molecule has 2 aliphatic rings. The van der Waals surface area contributed by atoms with E-state index in [9.17, 15) is 4.79 Å². The Hall–Kier alpha value is -0.770. The van der Waals surface area contributed by atoms with Crippen LogP contribution in [-0.4, -0.2) is 66.0 Å². The van der Waals surface area contributed by atoms with Crippen molar-refractivity contribution in [1.82, 2.24) is 14.7 Å². The Kier molecular flexibility index (Phi) is 4.26. The Morgan fingerprint density at radius 1 is 1.24 bits per heavy atom. The van der Waals surface area contributed by atoms with Gasteiger partial charge in [0.15, 0.2) is 0 Å². The van der Waals surface area contributed by atoms with Crippen LogP contribution in [0.3, 0.4) is 0 Å². The maximum Gasteiger partial charge on any atom is 0.320 e. The number of fused-ring (bicyclic) bond motifs is 1. The van der Waals surface area contributed by atoms with Crippen LogP contribution in [0.5, 0.6) is 0 Å². The van der Waals surface area contributed by atoms with Gasteiger partial charge in [-0.2, -0.15) is 0 Å². The Labute approximate surface area is 105 Å². The highest BCUT2D eigenvalue weighted by Crippen LogP contribution is 2.20. The van der Waals surface area contributed by atoms with Gasteiger partial charge in [-0.25, -0.2) is 4.79 Å². The molecule has 98 valence electrons. The van der Waals surface area contributed by atoms with E-state index in [1.807, 2.05) is 4.90 Å². The minimum absolute atomic E-state index is 0.263. The van der Waals surface area contributed by atoms with Gasteiger partial charge in [0.05, 0.1) is 0 Å². The third-order valence-electron chi connectivity index (χ3n) is 4.02. The number of rotatable bonds is 4. The normalized spacial score (nSPS) is 26.2. The first kappa shape index (κ1) is 12.7. The molecule has 0 spiro atoms. The number of carbonyl (C=O) groups is 1. The summed E-state index contributed by atoms with van der Waals surface area (Å²) in [6, 6.07) is 0.731. The molecule has 2 amide bonds. The van der Waals surface area contributed by atoms with Gasteiger partial charge in [0.2, 0.25) is 0 Å². The van der Waals surface area contributed by atoms with E-state index in [1.165, 1.54) is 19.4 Å². The van der Waals surface area contributed by atoms with Crippen molar-refractivity contribution in [2.45, 2.75) is 39.2 Å². The highest BCUT2D eigenvalue weighted by atomic mass is 16.2. The van der Waals surface area contributed by atoms with Crippen molar-refractivity contribution in [3.05, 3.63) is 0 Å². The molecule has 0 N–H and O–H groups in total. The van der Waals surface area contributed by atoms with Crippen molar-refractivity contribution < 1.29 is 4.79 Å². The molecular weight excluding hydrogens is 214 g/mol. The Bertz CT molecular complexity index is 269. The van der Waals surface area contributed by atoms with Gasteiger partial charge in [0.1, 0.15) is 0 Å². The predicted molar refractivity (Wildman–Crippen MR) is 69.1 cm³/mol. The van der Waals surface area contributed by atoms with Crippen LogP contribution in [0.15, 0.2) is 0 Å². The zero-order chi connectivity index (χ0) is 12.3. The van der Waals surface area contributed by atoms with Gasteiger partial charge in [-0.05, 0) is 26.3 Å². The lowest BCUT2D eigenvalue weighted by molar-refractivity contribution is 0.0452. The quantitative estimate of drug-likeness (QED) is 0.745. The number of hydrogen-bond donors (Lipinski definition) is 0. The summed E-state index contributed by atoms with van der Waals surface area (Å²) in [6.07, 6.45) is 3.68. The minimum atomic E-state index is 0.263. The zero-order valence-corrected chi connectivity index (χ0v) is 11.2. The van der Waals surface area contributed by atoms with Gasteiger partial charge in [-0.3, -0.25) is 4.90 Å². The molecule has 0 unspecified atom stereocenters. The van der Waals surface area contributed by atoms with Crippen LogP contribution in [0.2, 0.25) is 0 Å². The van der Waals surface area contributed by atoms with Gasteiger partial charge in [0.25, 0.3) is 0 Å². The van der Waals surface area contributed by atoms with Crippen molar-refractivity contribution in [3.63, 3.8) is 0 Å². The van der Waals surface area contributed by atoms with Crippen LogP contribution in [0.4, 0.5) is 4.79 Å². The van der Waals surface area contributed by atoms with Gasteiger partial charge in [-0.1, -0.05) is 13.3 Å². The van der Waals surface area contributed by atoms with Gasteiger partial charge >= 0.3 is 6.03 Å². The first-order chi connectivity index (χ1) is 8.26. The highest BCUT2D eigenvalue weighted by Gasteiger charge is 2.35. The largest absolute Gasteiger partial charge is 0.325 e. The number of nitrogens with zero attached hydrogens (tertiary/aromatic N) is 3. The average molecular weight is 239 g/mol. The Balaban J connectivity index is 1.89. The fraction of sp³-hybridized carbons (Fsp3) is 0.923. The monoisotopic (exact) mass is 239 g/mol. The van der Waals surface area contributed by atoms with E-state index in [-0.39, 0.29) is 6.03 Å². The molecule has 0 bridgehead atoms. The van der Waals surface area contributed by atoms with E-state index in [1.54, 1.807) is 0 Å². The lowest BCUT2D eigenvalue weighted by atomic mass is 10.1. The van der Waals surface area contributed by atoms with Crippen LogP contribution in [0, 0.1) is 0 Å². The number of amides is 2. The average Bonchev–Trinajstić information content (AvgIpc) is 2.37. The molecule has 4 nitrogen and oxygen atoms in total. The molecule has 2 rings (SSSR count). The molecule has 1 atom stereocenters. The fourth-order valence-corrected chi connectivity index (χ4v) is 2.88. The van der Waals surface area contributed by atoms with E-state index in [2.05, 4.69) is 23.6 Å². The number of carbonyl (C=O) groups excluding carboxylic acids is 1. The molecule has 0 aromatic heterocycles. The van der Waals surface area contributed by atoms with Crippen molar-refractivity contribution >= 4 is 6.03 Å². The summed E-state index contributed by atoms with van der Waals surface area (Å²) in [7, 11) is 0. The second-order valence-corrected chi connectivity index (χ2v) is 5.15. The maximum absolute atomic E-state index is 12.1. The van der Waals surface area contributed by atoms with Crippen LogP contribution in [0.1, 0.15) is 33.1 Å². The van der Waals surface area contributed by atoms with Crippen LogP contribution in [-0.2, 0) is 0 Å². The molecule has 4 heteroatoms. The molecule has 17 heavy (non-hydrogen) atoms. The van der Waals surface area contributed by atoms with E-state index in [0.717, 1.165) is 39.1 Å². The van der Waals surface area contributed by atoms with Crippen LogP contribution in [0.25, 0.3) is 0 Å². The fourth-order valence-electron chi connectivity index (χ4n) is 2.88. The standard InChI is InChI=1S/C13H25N3O/c1-3-5-7-14-9-10-16-12(11-14)6-8-15(4-2)13(16)17/h12H,3-11H2,1-2H3/t12-/m1/s1. The first-order valence-corrected chi connectivity index (χ1v) is 7.04. The lowest BCUT2D eigenvalue weighted by Gasteiger charge is -2.47. The predicted octanol–water partition coefficient (Wildman–Crippen LogP) is 1.62. The molecular formula is C13H25N3O. The topological polar surface area (TPSA) is 26.8 Å². The van der Waals surface area contributed by atoms with E-state index in [0.29, 0.717) is 6.04 Å². The third kappa shape index (κ3) is 2.73. The van der Waals surface area contributed by atoms with Gasteiger partial charge in [-0.15, -0.1) is 0 Å². The molecule has 0 aromatic carbocycles. The molecule has 0 aliphatic carbocycles. The summed E-state index contributed by atoms with van der Waals surface area (Å²) in [5.74, 6) is 0. The second-order valence-electron chi connectivity index (χ2n) is 5.15. The summed E-state index contributed by atoms with van der Waals surface area (Å²) < 4.78 is 0. The zero-order valence-electron chi connectivity index (χ0n) is 11.2. The Morgan fingerprint density at radius 3 is 2.76 bits per heavy atom. The third-order valence-corrected chi connectivity index (χ3v) is 4.02. The number of hydrogen-bond acceptors (Lipinski definition) is 2. The van der Waals surface area contributed by atoms with Crippen molar-refractivity contribution in [1.29, 1.82) is 0 Å². The van der Waals surface area contributed by atoms with Gasteiger partial charge < -0.3 is 9.80 Å². The molecule has 2 saturated heterocycles. The number of unbranched alkanes of at least 4 members (excludes halogenated alkanes) is 1. The van der Waals surface area contributed by atoms with Crippen molar-refractivity contribution in [2.24, 2.45) is 0 Å². The molecule has 2 fully saturated rings.